The predicted octanol–water partition coefficient (Wildman–Crippen LogP) is 1.21. The van der Waals surface area contributed by atoms with E-state index in [0.29, 0.717) is 25.6 Å². The van der Waals surface area contributed by atoms with Crippen LogP contribution in [0.4, 0.5) is 0 Å². The average molecular weight is 289 g/mol. The van der Waals surface area contributed by atoms with Crippen molar-refractivity contribution in [3.8, 4) is 0 Å². The number of nitrogens with zero attached hydrogens (tertiary/aromatic N) is 1. The fourth-order valence-electron chi connectivity index (χ4n) is 3.11. The quantitative estimate of drug-likeness (QED) is 0.817. The van der Waals surface area contributed by atoms with Crippen LogP contribution in [0.2, 0.25) is 0 Å². The van der Waals surface area contributed by atoms with E-state index in [4.69, 9.17) is 5.73 Å². The van der Waals surface area contributed by atoms with E-state index in [0.717, 1.165) is 44.9 Å². The van der Waals surface area contributed by atoms with Crippen LogP contribution in [0.1, 0.15) is 51.9 Å². The molecule has 0 amide bonds. The zero-order chi connectivity index (χ0) is 13.9. The van der Waals surface area contributed by atoms with E-state index in [2.05, 4.69) is 11.6 Å². The van der Waals surface area contributed by atoms with Crippen molar-refractivity contribution >= 4 is 10.2 Å². The summed E-state index contributed by atoms with van der Waals surface area (Å²) < 4.78 is 29.4. The van der Waals surface area contributed by atoms with Crippen LogP contribution in [-0.2, 0) is 10.2 Å². The first-order valence-corrected chi connectivity index (χ1v) is 8.91. The first-order chi connectivity index (χ1) is 8.97. The second kappa shape index (κ2) is 6.08. The normalized spacial score (nSPS) is 34.3. The van der Waals surface area contributed by atoms with Crippen LogP contribution in [0.15, 0.2) is 0 Å². The third-order valence-corrected chi connectivity index (χ3v) is 6.36. The molecule has 2 fully saturated rings. The number of piperidine rings is 1. The van der Waals surface area contributed by atoms with Crippen LogP contribution >= 0.6 is 0 Å². The third-order valence-electron chi connectivity index (χ3n) is 4.62. The van der Waals surface area contributed by atoms with Crippen LogP contribution in [-0.4, -0.2) is 37.9 Å². The van der Waals surface area contributed by atoms with Gasteiger partial charge in [0.2, 0.25) is 0 Å². The van der Waals surface area contributed by atoms with E-state index in [9.17, 15) is 8.42 Å². The van der Waals surface area contributed by atoms with Gasteiger partial charge < -0.3 is 5.73 Å². The molecule has 0 spiro atoms. The summed E-state index contributed by atoms with van der Waals surface area (Å²) in [4.78, 5) is 0. The first-order valence-electron chi connectivity index (χ1n) is 7.47. The van der Waals surface area contributed by atoms with Crippen molar-refractivity contribution in [2.75, 3.05) is 19.6 Å². The molecule has 2 rings (SSSR count). The SMILES string of the molecule is CC1CCC(CN)(NS(=O)(=O)N2CCCCC2)CC1. The molecule has 112 valence electrons. The summed E-state index contributed by atoms with van der Waals surface area (Å²) in [5.74, 6) is 0.680. The molecule has 3 N–H and O–H groups in total. The average Bonchev–Trinajstić information content (AvgIpc) is 2.42. The number of rotatable bonds is 4. The Morgan fingerprint density at radius 3 is 2.32 bits per heavy atom. The Labute approximate surface area is 117 Å². The van der Waals surface area contributed by atoms with Crippen LogP contribution in [0.5, 0.6) is 0 Å². The van der Waals surface area contributed by atoms with Crippen LogP contribution in [0, 0.1) is 5.92 Å². The summed E-state index contributed by atoms with van der Waals surface area (Å²) in [7, 11) is -3.37. The van der Waals surface area contributed by atoms with Gasteiger partial charge in [0, 0.05) is 25.2 Å². The topological polar surface area (TPSA) is 75.4 Å². The lowest BCUT2D eigenvalue weighted by Crippen LogP contribution is -2.59. The summed E-state index contributed by atoms with van der Waals surface area (Å²) in [6.07, 6.45) is 6.89. The molecule has 2 aliphatic rings. The van der Waals surface area contributed by atoms with Gasteiger partial charge in [0.25, 0.3) is 10.2 Å². The van der Waals surface area contributed by atoms with E-state index in [1.54, 1.807) is 4.31 Å². The van der Waals surface area contributed by atoms with Crippen molar-refractivity contribution in [3.05, 3.63) is 0 Å². The van der Waals surface area contributed by atoms with E-state index in [-0.39, 0.29) is 0 Å². The molecule has 1 heterocycles. The lowest BCUT2D eigenvalue weighted by atomic mass is 9.78. The molecule has 0 bridgehead atoms. The van der Waals surface area contributed by atoms with Crippen LogP contribution < -0.4 is 10.5 Å². The lowest BCUT2D eigenvalue weighted by molar-refractivity contribution is 0.224. The zero-order valence-electron chi connectivity index (χ0n) is 11.9. The monoisotopic (exact) mass is 289 g/mol. The van der Waals surface area contributed by atoms with Gasteiger partial charge in [-0.25, -0.2) is 0 Å². The first kappa shape index (κ1) is 15.2. The van der Waals surface area contributed by atoms with Gasteiger partial charge in [-0.1, -0.05) is 13.3 Å². The highest BCUT2D eigenvalue weighted by molar-refractivity contribution is 7.87. The van der Waals surface area contributed by atoms with Crippen LogP contribution in [0.25, 0.3) is 0 Å². The minimum atomic E-state index is -3.37. The molecule has 0 atom stereocenters. The minimum absolute atomic E-state index is 0.396. The second-order valence-corrected chi connectivity index (χ2v) is 7.90. The zero-order valence-corrected chi connectivity index (χ0v) is 12.7. The Morgan fingerprint density at radius 1 is 1.21 bits per heavy atom. The van der Waals surface area contributed by atoms with E-state index < -0.39 is 15.7 Å². The van der Waals surface area contributed by atoms with Gasteiger partial charge in [-0.15, -0.1) is 0 Å². The van der Waals surface area contributed by atoms with Gasteiger partial charge in [-0.3, -0.25) is 0 Å². The van der Waals surface area contributed by atoms with Crippen molar-refractivity contribution < 1.29 is 8.42 Å². The van der Waals surface area contributed by atoms with Crippen molar-refractivity contribution in [3.63, 3.8) is 0 Å². The fraction of sp³-hybridized carbons (Fsp3) is 1.00. The number of hydrogen-bond acceptors (Lipinski definition) is 3. The van der Waals surface area contributed by atoms with Crippen molar-refractivity contribution in [2.45, 2.75) is 57.4 Å². The summed E-state index contributed by atoms with van der Waals surface area (Å²) in [6.45, 7) is 3.91. The van der Waals surface area contributed by atoms with Gasteiger partial charge in [0.15, 0.2) is 0 Å². The Hall–Kier alpha value is -0.170. The molecule has 0 aromatic heterocycles. The molecule has 6 heteroatoms. The van der Waals surface area contributed by atoms with Crippen molar-refractivity contribution in [1.29, 1.82) is 0 Å². The Balaban J connectivity index is 2.04. The minimum Gasteiger partial charge on any atom is -0.329 e. The highest BCUT2D eigenvalue weighted by Gasteiger charge is 2.38. The maximum absolute atomic E-state index is 12.5. The fourth-order valence-corrected chi connectivity index (χ4v) is 4.81. The largest absolute Gasteiger partial charge is 0.329 e. The molecule has 1 saturated heterocycles. The van der Waals surface area contributed by atoms with E-state index in [1.807, 2.05) is 0 Å². The highest BCUT2D eigenvalue weighted by Crippen LogP contribution is 2.32. The van der Waals surface area contributed by atoms with Gasteiger partial charge in [-0.05, 0) is 44.4 Å². The van der Waals surface area contributed by atoms with Gasteiger partial charge in [0.1, 0.15) is 0 Å². The molecule has 1 aliphatic heterocycles. The molecular weight excluding hydrogens is 262 g/mol. The standard InChI is InChI=1S/C13H27N3O2S/c1-12-5-7-13(11-14,8-6-12)15-19(17,18)16-9-3-2-4-10-16/h12,15H,2-11,14H2,1H3. The molecule has 0 radical (unpaired) electrons. The molecular formula is C13H27N3O2S. The molecule has 19 heavy (non-hydrogen) atoms. The summed E-state index contributed by atoms with van der Waals surface area (Å²) >= 11 is 0. The highest BCUT2D eigenvalue weighted by atomic mass is 32.2. The molecule has 1 aliphatic carbocycles. The number of hydrogen-bond donors (Lipinski definition) is 2. The Morgan fingerprint density at radius 2 is 1.79 bits per heavy atom. The van der Waals surface area contributed by atoms with E-state index in [1.165, 1.54) is 0 Å². The summed E-state index contributed by atoms with van der Waals surface area (Å²) in [5.41, 5.74) is 5.46. The maximum atomic E-state index is 12.5. The van der Waals surface area contributed by atoms with Crippen molar-refractivity contribution in [2.24, 2.45) is 11.7 Å². The molecule has 5 nitrogen and oxygen atoms in total. The third kappa shape index (κ3) is 3.68. The van der Waals surface area contributed by atoms with Crippen molar-refractivity contribution in [1.82, 2.24) is 9.03 Å². The molecule has 0 aromatic rings. The van der Waals surface area contributed by atoms with Gasteiger partial charge in [0.05, 0.1) is 0 Å². The van der Waals surface area contributed by atoms with Gasteiger partial charge in [-0.2, -0.15) is 17.4 Å². The second-order valence-electron chi connectivity index (χ2n) is 6.23. The number of nitrogens with one attached hydrogen (secondary N) is 1. The van der Waals surface area contributed by atoms with Crippen LogP contribution in [0.3, 0.4) is 0 Å². The lowest BCUT2D eigenvalue weighted by Gasteiger charge is -2.40. The number of nitrogens with two attached hydrogens (primary N) is 1. The molecule has 0 aromatic carbocycles. The predicted molar refractivity (Wildman–Crippen MR) is 76.9 cm³/mol. The molecule has 0 unspecified atom stereocenters. The Bertz CT molecular complexity index is 383. The summed E-state index contributed by atoms with van der Waals surface area (Å²) in [6, 6.07) is 0. The van der Waals surface area contributed by atoms with Gasteiger partial charge >= 0.3 is 0 Å². The molecule has 1 saturated carbocycles. The smallest absolute Gasteiger partial charge is 0.279 e. The maximum Gasteiger partial charge on any atom is 0.279 e. The van der Waals surface area contributed by atoms with E-state index >= 15 is 0 Å². The Kier molecular flexibility index (Phi) is 4.87. The summed E-state index contributed by atoms with van der Waals surface area (Å²) in [5, 5.41) is 0.